The number of hydrogen-bond donors (Lipinski definition) is 1. The minimum absolute atomic E-state index is 0.158. The average Bonchev–Trinajstić information content (AvgIpc) is 2.80. The summed E-state index contributed by atoms with van der Waals surface area (Å²) in [6, 6.07) is 3.03. The molecule has 1 amide bonds. The number of rotatable bonds is 6. The van der Waals surface area contributed by atoms with E-state index in [1.165, 1.54) is 12.1 Å². The molecule has 0 unspecified atom stereocenters. The van der Waals surface area contributed by atoms with Crippen molar-refractivity contribution in [1.82, 2.24) is 9.88 Å². The van der Waals surface area contributed by atoms with E-state index >= 15 is 0 Å². The van der Waals surface area contributed by atoms with Crippen molar-refractivity contribution >= 4 is 23.3 Å². The molecule has 1 saturated carbocycles. The van der Waals surface area contributed by atoms with Gasteiger partial charge in [-0.1, -0.05) is 0 Å². The summed E-state index contributed by atoms with van der Waals surface area (Å²) in [7, 11) is 0. The van der Waals surface area contributed by atoms with Crippen LogP contribution in [0.1, 0.15) is 36.2 Å². The zero-order chi connectivity index (χ0) is 13.8. The minimum atomic E-state index is -0.538. The minimum Gasteiger partial charge on any atom is -0.358 e. The molecule has 1 aliphatic rings. The van der Waals surface area contributed by atoms with E-state index in [1.807, 2.05) is 0 Å². The molecule has 2 rings (SSSR count). The Morgan fingerprint density at radius 3 is 2.74 bits per heavy atom. The molecule has 1 heterocycles. The number of nitrogens with one attached hydrogen (secondary N) is 1. The zero-order valence-electron chi connectivity index (χ0n) is 10.5. The van der Waals surface area contributed by atoms with Gasteiger partial charge in [0.25, 0.3) is 5.91 Å². The molecule has 0 spiro atoms. The Bertz CT molecular complexity index is 471. The lowest BCUT2D eigenvalue weighted by Gasteiger charge is -2.36. The van der Waals surface area contributed by atoms with Crippen molar-refractivity contribution in [2.45, 2.75) is 31.7 Å². The molecule has 1 aromatic heterocycles. The SMILES string of the molecule is O=C(c1ccc([N+](=O)[O-])[nH]1)N(CCCCl)C1CCC1. The van der Waals surface area contributed by atoms with Crippen LogP contribution in [0.5, 0.6) is 0 Å². The van der Waals surface area contributed by atoms with Crippen LogP contribution in [0.25, 0.3) is 0 Å². The predicted molar refractivity (Wildman–Crippen MR) is 71.5 cm³/mol. The molecule has 0 atom stereocenters. The molecule has 0 saturated heterocycles. The number of halogens is 1. The van der Waals surface area contributed by atoms with Crippen LogP contribution in [0.15, 0.2) is 12.1 Å². The summed E-state index contributed by atoms with van der Waals surface area (Å²) < 4.78 is 0. The van der Waals surface area contributed by atoms with Crippen LogP contribution in [-0.4, -0.2) is 39.2 Å². The van der Waals surface area contributed by atoms with Crippen LogP contribution in [0.4, 0.5) is 5.82 Å². The first kappa shape index (κ1) is 13.9. The predicted octanol–water partition coefficient (Wildman–Crippen LogP) is 2.55. The first-order valence-electron chi connectivity index (χ1n) is 6.34. The molecule has 1 fully saturated rings. The Morgan fingerprint density at radius 2 is 2.26 bits per heavy atom. The monoisotopic (exact) mass is 285 g/mol. The van der Waals surface area contributed by atoms with E-state index in [0.29, 0.717) is 12.4 Å². The van der Waals surface area contributed by atoms with Crippen molar-refractivity contribution in [2.24, 2.45) is 0 Å². The summed E-state index contributed by atoms with van der Waals surface area (Å²) in [5.74, 6) is 0.165. The molecule has 1 aliphatic carbocycles. The largest absolute Gasteiger partial charge is 0.358 e. The number of carbonyl (C=O) groups excluding carboxylic acids is 1. The standard InChI is InChI=1S/C12H16ClN3O3/c13-7-2-8-15(9-3-1-4-9)12(17)10-5-6-11(14-10)16(18)19/h5-6,9,14H,1-4,7-8H2. The van der Waals surface area contributed by atoms with Crippen molar-refractivity contribution in [3.63, 3.8) is 0 Å². The summed E-state index contributed by atoms with van der Waals surface area (Å²) >= 11 is 5.67. The van der Waals surface area contributed by atoms with Gasteiger partial charge in [-0.3, -0.25) is 4.79 Å². The zero-order valence-corrected chi connectivity index (χ0v) is 11.2. The molecule has 19 heavy (non-hydrogen) atoms. The number of amides is 1. The molecule has 7 heteroatoms. The quantitative estimate of drug-likeness (QED) is 0.495. The number of nitrogens with zero attached hydrogens (tertiary/aromatic N) is 2. The lowest BCUT2D eigenvalue weighted by molar-refractivity contribution is -0.389. The Hall–Kier alpha value is -1.56. The summed E-state index contributed by atoms with van der Waals surface area (Å²) in [4.78, 5) is 26.8. The second kappa shape index (κ2) is 6.06. The van der Waals surface area contributed by atoms with Gasteiger partial charge in [-0.15, -0.1) is 11.6 Å². The van der Waals surface area contributed by atoms with Crippen molar-refractivity contribution in [2.75, 3.05) is 12.4 Å². The number of hydrogen-bond acceptors (Lipinski definition) is 3. The van der Waals surface area contributed by atoms with Gasteiger partial charge in [-0.25, -0.2) is 4.98 Å². The van der Waals surface area contributed by atoms with Crippen LogP contribution < -0.4 is 0 Å². The third kappa shape index (κ3) is 3.07. The fraction of sp³-hybridized carbons (Fsp3) is 0.583. The fourth-order valence-electron chi connectivity index (χ4n) is 2.15. The summed E-state index contributed by atoms with van der Waals surface area (Å²) in [5.41, 5.74) is 0.271. The number of nitro groups is 1. The molecule has 0 aliphatic heterocycles. The van der Waals surface area contributed by atoms with E-state index in [-0.39, 0.29) is 23.5 Å². The van der Waals surface area contributed by atoms with Crippen molar-refractivity contribution in [3.8, 4) is 0 Å². The topological polar surface area (TPSA) is 79.2 Å². The number of alkyl halides is 1. The van der Waals surface area contributed by atoms with E-state index in [4.69, 9.17) is 11.6 Å². The van der Waals surface area contributed by atoms with Crippen LogP contribution in [0.2, 0.25) is 0 Å². The summed E-state index contributed by atoms with van der Waals surface area (Å²) in [6.07, 6.45) is 3.85. The summed E-state index contributed by atoms with van der Waals surface area (Å²) in [5, 5.41) is 10.6. The maximum Gasteiger partial charge on any atom is 0.321 e. The van der Waals surface area contributed by atoms with E-state index in [0.717, 1.165) is 25.7 Å². The lowest BCUT2D eigenvalue weighted by Crippen LogP contribution is -2.45. The molecule has 0 radical (unpaired) electrons. The van der Waals surface area contributed by atoms with Crippen LogP contribution in [0.3, 0.4) is 0 Å². The highest BCUT2D eigenvalue weighted by molar-refractivity contribution is 6.17. The van der Waals surface area contributed by atoms with Gasteiger partial charge in [0.05, 0.1) is 0 Å². The van der Waals surface area contributed by atoms with E-state index < -0.39 is 4.92 Å². The van der Waals surface area contributed by atoms with Crippen LogP contribution >= 0.6 is 11.6 Å². The molecule has 1 aromatic rings. The molecular formula is C12H16ClN3O3. The van der Waals surface area contributed by atoms with Crippen molar-refractivity contribution < 1.29 is 9.72 Å². The maximum absolute atomic E-state index is 12.3. The lowest BCUT2D eigenvalue weighted by atomic mass is 9.91. The Balaban J connectivity index is 2.10. The first-order valence-corrected chi connectivity index (χ1v) is 6.87. The van der Waals surface area contributed by atoms with E-state index in [1.54, 1.807) is 4.90 Å². The number of carbonyl (C=O) groups is 1. The van der Waals surface area contributed by atoms with Crippen molar-refractivity contribution in [3.05, 3.63) is 27.9 Å². The van der Waals surface area contributed by atoms with Gasteiger partial charge in [0.15, 0.2) is 5.69 Å². The molecule has 0 bridgehead atoms. The smallest absolute Gasteiger partial charge is 0.321 e. The van der Waals surface area contributed by atoms with Gasteiger partial charge in [0.2, 0.25) is 0 Å². The van der Waals surface area contributed by atoms with E-state index in [9.17, 15) is 14.9 Å². The number of aromatic nitrogens is 1. The summed E-state index contributed by atoms with van der Waals surface area (Å²) in [6.45, 7) is 0.597. The van der Waals surface area contributed by atoms with E-state index in [2.05, 4.69) is 4.98 Å². The Labute approximate surface area is 115 Å². The van der Waals surface area contributed by atoms with Gasteiger partial charge < -0.3 is 15.0 Å². The molecule has 1 N–H and O–H groups in total. The average molecular weight is 286 g/mol. The highest BCUT2D eigenvalue weighted by Crippen LogP contribution is 2.26. The van der Waals surface area contributed by atoms with Gasteiger partial charge in [0.1, 0.15) is 0 Å². The highest BCUT2D eigenvalue weighted by atomic mass is 35.5. The Morgan fingerprint density at radius 1 is 1.53 bits per heavy atom. The van der Waals surface area contributed by atoms with Gasteiger partial charge >= 0.3 is 5.82 Å². The fourth-order valence-corrected chi connectivity index (χ4v) is 2.27. The third-order valence-electron chi connectivity index (χ3n) is 3.41. The number of H-pyrrole nitrogens is 1. The van der Waals surface area contributed by atoms with Gasteiger partial charge in [0, 0.05) is 24.5 Å². The van der Waals surface area contributed by atoms with Crippen LogP contribution in [0, 0.1) is 10.1 Å². The normalized spacial score (nSPS) is 15.0. The molecular weight excluding hydrogens is 270 g/mol. The molecule has 0 aromatic carbocycles. The highest BCUT2D eigenvalue weighted by Gasteiger charge is 2.31. The van der Waals surface area contributed by atoms with Crippen molar-refractivity contribution in [1.29, 1.82) is 0 Å². The second-order valence-electron chi connectivity index (χ2n) is 4.64. The van der Waals surface area contributed by atoms with Gasteiger partial charge in [-0.2, -0.15) is 0 Å². The van der Waals surface area contributed by atoms with Gasteiger partial charge in [-0.05, 0) is 36.7 Å². The second-order valence-corrected chi connectivity index (χ2v) is 5.02. The third-order valence-corrected chi connectivity index (χ3v) is 3.67. The Kier molecular flexibility index (Phi) is 4.42. The number of aromatic amines is 1. The maximum atomic E-state index is 12.3. The molecule has 6 nitrogen and oxygen atoms in total. The molecule has 104 valence electrons. The first-order chi connectivity index (χ1) is 9.13. The van der Waals surface area contributed by atoms with Crippen LogP contribution in [-0.2, 0) is 0 Å².